The molecular weight excluding hydrogens is 112 g/mol. The van der Waals surface area contributed by atoms with E-state index < -0.39 is 0 Å². The zero-order chi connectivity index (χ0) is 7.28. The van der Waals surface area contributed by atoms with E-state index in [0.717, 1.165) is 6.42 Å². The van der Waals surface area contributed by atoms with Crippen LogP contribution in [0.3, 0.4) is 0 Å². The molecule has 0 radical (unpaired) electrons. The molecule has 54 valence electrons. The monoisotopic (exact) mass is 128 g/mol. The fourth-order valence-corrected chi connectivity index (χ4v) is 0.714. The van der Waals surface area contributed by atoms with Crippen molar-refractivity contribution in [2.45, 2.75) is 40.0 Å². The molecule has 0 fully saturated rings. The van der Waals surface area contributed by atoms with Crippen molar-refractivity contribution in [3.63, 3.8) is 0 Å². The maximum absolute atomic E-state index is 10.6. The first kappa shape index (κ1) is 8.67. The molecule has 0 aromatic heterocycles. The van der Waals surface area contributed by atoms with Crippen LogP contribution in [0.1, 0.15) is 40.0 Å². The Labute approximate surface area is 57.5 Å². The fraction of sp³-hybridized carbons (Fsp3) is 0.875. The quantitative estimate of drug-likeness (QED) is 0.568. The van der Waals surface area contributed by atoms with Gasteiger partial charge in [-0.2, -0.15) is 0 Å². The van der Waals surface area contributed by atoms with Gasteiger partial charge in [-0.3, -0.25) is 4.79 Å². The smallest absolute Gasteiger partial charge is 0.132 e. The molecule has 0 heterocycles. The van der Waals surface area contributed by atoms with E-state index in [0.29, 0.717) is 5.78 Å². The molecule has 9 heavy (non-hydrogen) atoms. The van der Waals surface area contributed by atoms with Crippen molar-refractivity contribution < 1.29 is 4.79 Å². The van der Waals surface area contributed by atoms with Gasteiger partial charge in [-0.1, -0.05) is 26.7 Å². The number of carbonyl (C=O) groups is 1. The van der Waals surface area contributed by atoms with Crippen LogP contribution in [0.4, 0.5) is 0 Å². The fourth-order valence-electron chi connectivity index (χ4n) is 0.714. The average Bonchev–Trinajstić information content (AvgIpc) is 1.82. The van der Waals surface area contributed by atoms with Crippen molar-refractivity contribution in [2.24, 2.45) is 5.92 Å². The summed E-state index contributed by atoms with van der Waals surface area (Å²) in [5, 5.41) is 0. The van der Waals surface area contributed by atoms with Gasteiger partial charge < -0.3 is 0 Å². The first-order chi connectivity index (χ1) is 4.18. The number of rotatable bonds is 4. The Morgan fingerprint density at radius 1 is 1.56 bits per heavy atom. The van der Waals surface area contributed by atoms with E-state index in [2.05, 4.69) is 6.92 Å². The molecule has 0 bridgehead atoms. The van der Waals surface area contributed by atoms with Crippen LogP contribution >= 0.6 is 0 Å². The third-order valence-electron chi connectivity index (χ3n) is 1.68. The molecule has 0 aliphatic heterocycles. The van der Waals surface area contributed by atoms with E-state index >= 15 is 0 Å². The molecule has 1 heteroatoms. The largest absolute Gasteiger partial charge is 0.300 e. The summed E-state index contributed by atoms with van der Waals surface area (Å²) in [5.41, 5.74) is 0. The van der Waals surface area contributed by atoms with Crippen molar-refractivity contribution in [3.8, 4) is 0 Å². The van der Waals surface area contributed by atoms with Gasteiger partial charge in [-0.15, -0.1) is 0 Å². The summed E-state index contributed by atoms with van der Waals surface area (Å²) in [7, 11) is 0. The lowest BCUT2D eigenvalue weighted by Crippen LogP contribution is -2.05. The Morgan fingerprint density at radius 2 is 2.11 bits per heavy atom. The van der Waals surface area contributed by atoms with E-state index in [1.54, 1.807) is 6.92 Å². The second-order valence-corrected chi connectivity index (χ2v) is 2.65. The van der Waals surface area contributed by atoms with Gasteiger partial charge in [0.05, 0.1) is 0 Å². The number of unbranched alkanes of at least 4 members (excludes halogenated alkanes) is 1. The molecule has 1 atom stereocenters. The third-order valence-corrected chi connectivity index (χ3v) is 1.68. The molecule has 0 amide bonds. The van der Waals surface area contributed by atoms with Crippen LogP contribution in [0.25, 0.3) is 0 Å². The van der Waals surface area contributed by atoms with Crippen LogP contribution in [0.15, 0.2) is 0 Å². The Kier molecular flexibility index (Phi) is 4.37. The first-order valence-electron chi connectivity index (χ1n) is 3.69. The topological polar surface area (TPSA) is 17.1 Å². The maximum Gasteiger partial charge on any atom is 0.132 e. The summed E-state index contributed by atoms with van der Waals surface area (Å²) in [6, 6.07) is 0. The number of ketones is 1. The van der Waals surface area contributed by atoms with Gasteiger partial charge in [-0.05, 0) is 13.3 Å². The second-order valence-electron chi connectivity index (χ2n) is 2.65. The predicted octanol–water partition coefficient (Wildman–Crippen LogP) is 2.40. The zero-order valence-corrected chi connectivity index (χ0v) is 6.61. The Hall–Kier alpha value is -0.330. The summed E-state index contributed by atoms with van der Waals surface area (Å²) >= 11 is 0. The van der Waals surface area contributed by atoms with E-state index in [1.807, 2.05) is 6.92 Å². The van der Waals surface area contributed by atoms with E-state index in [-0.39, 0.29) is 5.92 Å². The SMILES string of the molecule is CCCC[C@H](C)C(C)=O. The van der Waals surface area contributed by atoms with E-state index in [1.165, 1.54) is 12.8 Å². The minimum Gasteiger partial charge on any atom is -0.300 e. The van der Waals surface area contributed by atoms with Gasteiger partial charge in [0.2, 0.25) is 0 Å². The van der Waals surface area contributed by atoms with Crippen LogP contribution in [0, 0.1) is 5.92 Å². The molecule has 0 saturated heterocycles. The molecule has 1 nitrogen and oxygen atoms in total. The molecule has 0 spiro atoms. The van der Waals surface area contributed by atoms with Gasteiger partial charge in [0.25, 0.3) is 0 Å². The van der Waals surface area contributed by atoms with Crippen LogP contribution in [-0.2, 0) is 4.79 Å². The molecule has 0 aromatic carbocycles. The first-order valence-corrected chi connectivity index (χ1v) is 3.69. The van der Waals surface area contributed by atoms with Crippen LogP contribution in [0.2, 0.25) is 0 Å². The summed E-state index contributed by atoms with van der Waals surface area (Å²) < 4.78 is 0. The minimum atomic E-state index is 0.282. The van der Waals surface area contributed by atoms with Crippen molar-refractivity contribution >= 4 is 5.78 Å². The molecule has 0 aliphatic carbocycles. The van der Waals surface area contributed by atoms with Crippen molar-refractivity contribution in [2.75, 3.05) is 0 Å². The number of hydrogen-bond acceptors (Lipinski definition) is 1. The molecule has 0 aromatic rings. The van der Waals surface area contributed by atoms with Crippen LogP contribution in [0.5, 0.6) is 0 Å². The number of carbonyl (C=O) groups excluding carboxylic acids is 1. The second kappa shape index (κ2) is 4.54. The molecule has 0 aliphatic rings. The molecule has 0 saturated carbocycles. The van der Waals surface area contributed by atoms with Crippen molar-refractivity contribution in [1.29, 1.82) is 0 Å². The van der Waals surface area contributed by atoms with E-state index in [9.17, 15) is 4.79 Å². The Balaban J connectivity index is 3.27. The van der Waals surface area contributed by atoms with Crippen LogP contribution in [-0.4, -0.2) is 5.78 Å². The Bertz CT molecular complexity index is 86.6. The summed E-state index contributed by atoms with van der Waals surface area (Å²) in [5.74, 6) is 0.605. The highest BCUT2D eigenvalue weighted by atomic mass is 16.1. The third kappa shape index (κ3) is 4.19. The Morgan fingerprint density at radius 3 is 2.44 bits per heavy atom. The summed E-state index contributed by atoms with van der Waals surface area (Å²) in [4.78, 5) is 10.6. The molecule has 0 N–H and O–H groups in total. The highest BCUT2D eigenvalue weighted by molar-refractivity contribution is 5.77. The molecule has 0 unspecified atom stereocenters. The summed E-state index contributed by atoms with van der Waals surface area (Å²) in [6.45, 7) is 5.81. The maximum atomic E-state index is 10.6. The lowest BCUT2D eigenvalue weighted by Gasteiger charge is -2.03. The zero-order valence-electron chi connectivity index (χ0n) is 6.61. The van der Waals surface area contributed by atoms with Crippen LogP contribution < -0.4 is 0 Å². The normalized spacial score (nSPS) is 13.2. The van der Waals surface area contributed by atoms with Gasteiger partial charge >= 0.3 is 0 Å². The highest BCUT2D eigenvalue weighted by Gasteiger charge is 2.04. The van der Waals surface area contributed by atoms with Gasteiger partial charge in [-0.25, -0.2) is 0 Å². The minimum absolute atomic E-state index is 0.282. The highest BCUT2D eigenvalue weighted by Crippen LogP contribution is 2.07. The standard InChI is InChI=1S/C8H16O/c1-4-5-6-7(2)8(3)9/h7H,4-6H2,1-3H3/t7-/m0/s1. The average molecular weight is 128 g/mol. The lowest BCUT2D eigenvalue weighted by molar-refractivity contribution is -0.120. The van der Waals surface area contributed by atoms with Crippen molar-refractivity contribution in [3.05, 3.63) is 0 Å². The van der Waals surface area contributed by atoms with Gasteiger partial charge in [0, 0.05) is 5.92 Å². The molecule has 0 rings (SSSR count). The van der Waals surface area contributed by atoms with Crippen molar-refractivity contribution in [1.82, 2.24) is 0 Å². The number of Topliss-reactive ketones (excluding diaryl/α,β-unsaturated/α-hetero) is 1. The lowest BCUT2D eigenvalue weighted by atomic mass is 10.0. The molecular formula is C8H16O. The van der Waals surface area contributed by atoms with E-state index in [4.69, 9.17) is 0 Å². The predicted molar refractivity (Wildman–Crippen MR) is 39.4 cm³/mol. The van der Waals surface area contributed by atoms with Gasteiger partial charge in [0.1, 0.15) is 5.78 Å². The summed E-state index contributed by atoms with van der Waals surface area (Å²) in [6.07, 6.45) is 3.43. The number of hydrogen-bond donors (Lipinski definition) is 0. The van der Waals surface area contributed by atoms with Gasteiger partial charge in [0.15, 0.2) is 0 Å².